The van der Waals surface area contributed by atoms with Crippen molar-refractivity contribution in [2.75, 3.05) is 63.9 Å². The molecule has 5 rings (SSSR count). The zero-order valence-corrected chi connectivity index (χ0v) is 26.0. The van der Waals surface area contributed by atoms with Crippen molar-refractivity contribution in [2.24, 2.45) is 17.6 Å². The summed E-state index contributed by atoms with van der Waals surface area (Å²) in [6.07, 6.45) is 2.05. The van der Waals surface area contributed by atoms with E-state index in [4.69, 9.17) is 22.1 Å². The van der Waals surface area contributed by atoms with E-state index in [9.17, 15) is 9.59 Å². The molecule has 42 heavy (non-hydrogen) atoms. The molecule has 3 N–H and O–H groups in total. The van der Waals surface area contributed by atoms with Crippen LogP contribution in [0.1, 0.15) is 55.3 Å². The number of halogens is 1. The van der Waals surface area contributed by atoms with E-state index in [1.165, 1.54) is 5.56 Å². The van der Waals surface area contributed by atoms with Crippen molar-refractivity contribution < 1.29 is 14.3 Å². The number of piperazine rings is 1. The standard InChI is InChI=1S/C33H46ClN5O3/c1-22(2)32(36-31(40)19-35)27-18-23(3)4-9-30(27)37-12-14-38(15-13-37)33(41)29-21-39(26-10-16-42-17-11-26)20-28(29)24-5-7-25(34)8-6-24/h4-9,18,22,26,28-29,32H,10-17,19-21,35H2,1-3H3,(H,36,40)/t28-,29+,32-/m0/s1. The average molecular weight is 596 g/mol. The molecule has 3 fully saturated rings. The molecule has 228 valence electrons. The Morgan fingerprint density at radius 3 is 2.36 bits per heavy atom. The van der Waals surface area contributed by atoms with Gasteiger partial charge in [-0.3, -0.25) is 14.5 Å². The highest BCUT2D eigenvalue weighted by Gasteiger charge is 2.43. The molecule has 0 aliphatic carbocycles. The van der Waals surface area contributed by atoms with Crippen LogP contribution < -0.4 is 16.0 Å². The van der Waals surface area contributed by atoms with Crippen LogP contribution in [-0.4, -0.2) is 86.7 Å². The van der Waals surface area contributed by atoms with Crippen LogP contribution in [0.25, 0.3) is 0 Å². The van der Waals surface area contributed by atoms with Crippen molar-refractivity contribution >= 4 is 29.1 Å². The van der Waals surface area contributed by atoms with Gasteiger partial charge in [-0.15, -0.1) is 0 Å². The summed E-state index contributed by atoms with van der Waals surface area (Å²) in [5.74, 6) is 0.376. The molecule has 3 aliphatic heterocycles. The highest BCUT2D eigenvalue weighted by atomic mass is 35.5. The monoisotopic (exact) mass is 595 g/mol. The lowest BCUT2D eigenvalue weighted by Crippen LogP contribution is -2.51. The van der Waals surface area contributed by atoms with Crippen molar-refractivity contribution in [3.05, 3.63) is 64.2 Å². The summed E-state index contributed by atoms with van der Waals surface area (Å²) in [7, 11) is 0. The Morgan fingerprint density at radius 1 is 1.02 bits per heavy atom. The van der Waals surface area contributed by atoms with Gasteiger partial charge in [-0.2, -0.15) is 0 Å². The van der Waals surface area contributed by atoms with E-state index in [-0.39, 0.29) is 42.2 Å². The lowest BCUT2D eigenvalue weighted by Gasteiger charge is -2.39. The molecule has 0 bridgehead atoms. The van der Waals surface area contributed by atoms with E-state index in [2.05, 4.69) is 71.1 Å². The molecule has 0 aromatic heterocycles. The Balaban J connectivity index is 1.31. The maximum Gasteiger partial charge on any atom is 0.234 e. The third kappa shape index (κ3) is 6.94. The predicted octanol–water partition coefficient (Wildman–Crippen LogP) is 3.96. The third-order valence-corrected chi connectivity index (χ3v) is 9.54. The minimum absolute atomic E-state index is 0.0325. The Morgan fingerprint density at radius 2 is 1.71 bits per heavy atom. The normalized spacial score (nSPS) is 22.9. The highest BCUT2D eigenvalue weighted by molar-refractivity contribution is 6.30. The number of carbonyl (C=O) groups is 2. The van der Waals surface area contributed by atoms with Gasteiger partial charge in [-0.1, -0.05) is 55.3 Å². The molecule has 2 aromatic rings. The van der Waals surface area contributed by atoms with E-state index >= 15 is 0 Å². The Labute approximate surface area is 255 Å². The Bertz CT molecular complexity index is 1220. The summed E-state index contributed by atoms with van der Waals surface area (Å²) >= 11 is 6.21. The molecule has 2 amide bonds. The second-order valence-corrected chi connectivity index (χ2v) is 12.9. The molecular formula is C33H46ClN5O3. The zero-order valence-electron chi connectivity index (χ0n) is 25.2. The average Bonchev–Trinajstić information content (AvgIpc) is 3.46. The van der Waals surface area contributed by atoms with Crippen molar-refractivity contribution in [3.8, 4) is 0 Å². The fourth-order valence-corrected chi connectivity index (χ4v) is 7.06. The fourth-order valence-electron chi connectivity index (χ4n) is 6.93. The number of nitrogens with one attached hydrogen (secondary N) is 1. The van der Waals surface area contributed by atoms with Gasteiger partial charge < -0.3 is 25.6 Å². The van der Waals surface area contributed by atoms with Crippen LogP contribution in [0.3, 0.4) is 0 Å². The molecule has 0 spiro atoms. The van der Waals surface area contributed by atoms with Gasteiger partial charge in [0.25, 0.3) is 0 Å². The number of anilines is 1. The lowest BCUT2D eigenvalue weighted by molar-refractivity contribution is -0.136. The van der Waals surface area contributed by atoms with E-state index < -0.39 is 0 Å². The first-order chi connectivity index (χ1) is 20.2. The van der Waals surface area contributed by atoms with Crippen molar-refractivity contribution in [1.82, 2.24) is 15.1 Å². The summed E-state index contributed by atoms with van der Waals surface area (Å²) in [4.78, 5) is 33.4. The summed E-state index contributed by atoms with van der Waals surface area (Å²) in [6, 6.07) is 14.8. The number of amides is 2. The first-order valence-electron chi connectivity index (χ1n) is 15.5. The second-order valence-electron chi connectivity index (χ2n) is 12.4. The first-order valence-corrected chi connectivity index (χ1v) is 15.8. The number of aryl methyl sites for hydroxylation is 1. The Hall–Kier alpha value is -2.65. The SMILES string of the molecule is Cc1ccc(N2CCN(C(=O)[C@@H]3CN(C4CCOCC4)C[C@H]3c3ccc(Cl)cc3)CC2)c([C@@H](NC(=O)CN)C(C)C)c1. The molecule has 2 aromatic carbocycles. The van der Waals surface area contributed by atoms with Crippen LogP contribution in [0.5, 0.6) is 0 Å². The number of ether oxygens (including phenoxy) is 1. The van der Waals surface area contributed by atoms with Gasteiger partial charge in [-0.05, 0) is 55.0 Å². The maximum atomic E-state index is 14.2. The summed E-state index contributed by atoms with van der Waals surface area (Å²) in [5, 5.41) is 3.85. The van der Waals surface area contributed by atoms with Crippen molar-refractivity contribution in [1.29, 1.82) is 0 Å². The topological polar surface area (TPSA) is 91.1 Å². The van der Waals surface area contributed by atoms with Gasteiger partial charge in [0.1, 0.15) is 0 Å². The van der Waals surface area contributed by atoms with E-state index in [0.717, 1.165) is 74.1 Å². The van der Waals surface area contributed by atoms with Crippen LogP contribution in [0.4, 0.5) is 5.69 Å². The molecule has 9 heteroatoms. The molecular weight excluding hydrogens is 550 g/mol. The van der Waals surface area contributed by atoms with Crippen LogP contribution in [0.2, 0.25) is 5.02 Å². The molecule has 3 aliphatic rings. The van der Waals surface area contributed by atoms with Crippen molar-refractivity contribution in [3.63, 3.8) is 0 Å². The van der Waals surface area contributed by atoms with Crippen LogP contribution in [0, 0.1) is 18.8 Å². The zero-order chi connectivity index (χ0) is 29.8. The molecule has 3 heterocycles. The fraction of sp³-hybridized carbons (Fsp3) is 0.576. The van der Waals surface area contributed by atoms with Crippen molar-refractivity contribution in [2.45, 2.75) is 51.6 Å². The minimum Gasteiger partial charge on any atom is -0.381 e. The molecule has 8 nitrogen and oxygen atoms in total. The van der Waals surface area contributed by atoms with Crippen LogP contribution in [0.15, 0.2) is 42.5 Å². The van der Waals surface area contributed by atoms with Gasteiger partial charge in [0, 0.05) is 75.2 Å². The quantitative estimate of drug-likeness (QED) is 0.480. The summed E-state index contributed by atoms with van der Waals surface area (Å²) in [6.45, 7) is 12.4. The minimum atomic E-state index is -0.154. The predicted molar refractivity (Wildman–Crippen MR) is 168 cm³/mol. The van der Waals surface area contributed by atoms with E-state index in [1.807, 2.05) is 12.1 Å². The number of hydrogen-bond donors (Lipinski definition) is 2. The maximum absolute atomic E-state index is 14.2. The molecule has 3 atom stereocenters. The van der Waals surface area contributed by atoms with Gasteiger partial charge in [-0.25, -0.2) is 0 Å². The van der Waals surface area contributed by atoms with E-state index in [0.29, 0.717) is 19.1 Å². The van der Waals surface area contributed by atoms with Crippen LogP contribution in [-0.2, 0) is 14.3 Å². The third-order valence-electron chi connectivity index (χ3n) is 9.29. The number of benzene rings is 2. The van der Waals surface area contributed by atoms with Gasteiger partial charge in [0.2, 0.25) is 11.8 Å². The largest absolute Gasteiger partial charge is 0.381 e. The summed E-state index contributed by atoms with van der Waals surface area (Å²) in [5.41, 5.74) is 10.2. The number of likely N-dealkylation sites (tertiary alicyclic amines) is 1. The number of carbonyl (C=O) groups excluding carboxylic acids is 2. The van der Waals surface area contributed by atoms with Gasteiger partial charge >= 0.3 is 0 Å². The molecule has 0 saturated carbocycles. The second kappa shape index (κ2) is 13.8. The first kappa shape index (κ1) is 30.8. The molecule has 3 saturated heterocycles. The number of hydrogen-bond acceptors (Lipinski definition) is 6. The number of nitrogens with two attached hydrogens (primary N) is 1. The summed E-state index contributed by atoms with van der Waals surface area (Å²) < 4.78 is 5.62. The number of rotatable bonds is 8. The lowest BCUT2D eigenvalue weighted by atomic mass is 9.88. The highest BCUT2D eigenvalue weighted by Crippen LogP contribution is 2.38. The van der Waals surface area contributed by atoms with Crippen LogP contribution >= 0.6 is 11.6 Å². The Kier molecular flexibility index (Phi) is 10.1. The molecule has 0 radical (unpaired) electrons. The van der Waals surface area contributed by atoms with E-state index in [1.54, 1.807) is 0 Å². The van der Waals surface area contributed by atoms with Gasteiger partial charge in [0.15, 0.2) is 0 Å². The smallest absolute Gasteiger partial charge is 0.234 e. The van der Waals surface area contributed by atoms with Gasteiger partial charge in [0.05, 0.1) is 18.5 Å². The molecule has 0 unspecified atom stereocenters. The number of nitrogens with zero attached hydrogens (tertiary/aromatic N) is 3.